The van der Waals surface area contributed by atoms with Crippen LogP contribution in [0.4, 0.5) is 17.6 Å². The second kappa shape index (κ2) is 2.90. The standard InChI is InChI=1S/C5H7F4N/c1-10(2)3-4(6)5(7,8)9/h3H,1-2H3/b4-3+. The van der Waals surface area contributed by atoms with Crippen LogP contribution in [0.15, 0.2) is 12.0 Å². The number of hydrogen-bond donors (Lipinski definition) is 0. The van der Waals surface area contributed by atoms with Gasteiger partial charge in [-0.15, -0.1) is 0 Å². The van der Waals surface area contributed by atoms with E-state index in [1.165, 1.54) is 14.1 Å². The van der Waals surface area contributed by atoms with Crippen LogP contribution in [0.2, 0.25) is 0 Å². The van der Waals surface area contributed by atoms with Crippen molar-refractivity contribution in [2.45, 2.75) is 6.18 Å². The normalized spacial score (nSPS) is 13.6. The summed E-state index contributed by atoms with van der Waals surface area (Å²) in [5, 5.41) is 0. The minimum atomic E-state index is -4.86. The largest absolute Gasteiger partial charge is 0.444 e. The van der Waals surface area contributed by atoms with Crippen LogP contribution in [-0.2, 0) is 0 Å². The smallest absolute Gasteiger partial charge is 0.381 e. The van der Waals surface area contributed by atoms with Crippen molar-refractivity contribution in [2.75, 3.05) is 14.1 Å². The second-order valence-electron chi connectivity index (χ2n) is 1.94. The molecule has 0 rings (SSSR count). The van der Waals surface area contributed by atoms with E-state index in [9.17, 15) is 17.6 Å². The Kier molecular flexibility index (Phi) is 2.68. The van der Waals surface area contributed by atoms with E-state index in [0.717, 1.165) is 4.90 Å². The fourth-order valence-corrected chi connectivity index (χ4v) is 0.300. The van der Waals surface area contributed by atoms with Crippen molar-refractivity contribution in [3.05, 3.63) is 12.0 Å². The van der Waals surface area contributed by atoms with Crippen molar-refractivity contribution < 1.29 is 17.6 Å². The Bertz CT molecular complexity index is 135. The van der Waals surface area contributed by atoms with Gasteiger partial charge in [0.15, 0.2) is 0 Å². The molecule has 1 nitrogen and oxygen atoms in total. The first kappa shape index (κ1) is 9.26. The molecule has 0 saturated heterocycles. The summed E-state index contributed by atoms with van der Waals surface area (Å²) in [4.78, 5) is 0.989. The monoisotopic (exact) mass is 157 g/mol. The lowest BCUT2D eigenvalue weighted by atomic mass is 10.5. The molecule has 0 atom stereocenters. The van der Waals surface area contributed by atoms with Gasteiger partial charge in [-0.2, -0.15) is 13.2 Å². The molecule has 0 aliphatic carbocycles. The molecule has 0 aromatic rings. The predicted octanol–water partition coefficient (Wildman–Crippen LogP) is 1.92. The zero-order valence-corrected chi connectivity index (χ0v) is 5.54. The Morgan fingerprint density at radius 1 is 1.30 bits per heavy atom. The van der Waals surface area contributed by atoms with Crippen molar-refractivity contribution >= 4 is 0 Å². The molecular weight excluding hydrogens is 150 g/mol. The van der Waals surface area contributed by atoms with Crippen molar-refractivity contribution in [1.82, 2.24) is 4.90 Å². The van der Waals surface area contributed by atoms with Crippen LogP contribution < -0.4 is 0 Å². The third-order valence-electron chi connectivity index (χ3n) is 0.642. The van der Waals surface area contributed by atoms with Gasteiger partial charge in [0, 0.05) is 20.3 Å². The lowest BCUT2D eigenvalue weighted by Gasteiger charge is -2.07. The first-order valence-corrected chi connectivity index (χ1v) is 2.45. The minimum absolute atomic E-state index is 0.375. The van der Waals surface area contributed by atoms with Gasteiger partial charge < -0.3 is 4.90 Å². The quantitative estimate of drug-likeness (QED) is 0.525. The van der Waals surface area contributed by atoms with E-state index in [4.69, 9.17) is 0 Å². The maximum atomic E-state index is 11.9. The average molecular weight is 157 g/mol. The van der Waals surface area contributed by atoms with Crippen LogP contribution in [0.3, 0.4) is 0 Å². The Labute approximate surface area is 55.9 Å². The van der Waals surface area contributed by atoms with Gasteiger partial charge in [-0.25, -0.2) is 4.39 Å². The highest BCUT2D eigenvalue weighted by molar-refractivity contribution is 4.97. The third kappa shape index (κ3) is 3.32. The van der Waals surface area contributed by atoms with Crippen molar-refractivity contribution in [2.24, 2.45) is 0 Å². The van der Waals surface area contributed by atoms with Crippen LogP contribution in [-0.4, -0.2) is 25.2 Å². The molecular formula is C5H7F4N. The fraction of sp³-hybridized carbons (Fsp3) is 0.600. The predicted molar refractivity (Wildman–Crippen MR) is 28.9 cm³/mol. The number of hydrogen-bond acceptors (Lipinski definition) is 1. The molecule has 0 radical (unpaired) electrons. The molecule has 0 spiro atoms. The summed E-state index contributed by atoms with van der Waals surface area (Å²) in [6, 6.07) is 0. The highest BCUT2D eigenvalue weighted by Gasteiger charge is 2.34. The molecule has 0 aliphatic heterocycles. The first-order chi connectivity index (χ1) is 4.34. The van der Waals surface area contributed by atoms with Gasteiger partial charge in [0.25, 0.3) is 0 Å². The molecule has 60 valence electrons. The maximum Gasteiger partial charge on any atom is 0.444 e. The first-order valence-electron chi connectivity index (χ1n) is 2.45. The zero-order chi connectivity index (χ0) is 8.36. The molecule has 0 unspecified atom stereocenters. The summed E-state index contributed by atoms with van der Waals surface area (Å²) in [7, 11) is 2.62. The SMILES string of the molecule is CN(C)/C=C(/F)C(F)(F)F. The number of rotatable bonds is 1. The average Bonchev–Trinajstić information content (AvgIpc) is 1.60. The van der Waals surface area contributed by atoms with Gasteiger partial charge in [-0.3, -0.25) is 0 Å². The molecule has 0 amide bonds. The van der Waals surface area contributed by atoms with E-state index in [2.05, 4.69) is 0 Å². The van der Waals surface area contributed by atoms with Crippen LogP contribution in [0.25, 0.3) is 0 Å². The van der Waals surface area contributed by atoms with Crippen LogP contribution in [0.1, 0.15) is 0 Å². The molecule has 5 heteroatoms. The maximum absolute atomic E-state index is 11.9. The Morgan fingerprint density at radius 2 is 1.70 bits per heavy atom. The highest BCUT2D eigenvalue weighted by atomic mass is 19.4. The molecule has 0 N–H and O–H groups in total. The van der Waals surface area contributed by atoms with Crippen molar-refractivity contribution in [3.63, 3.8) is 0 Å². The van der Waals surface area contributed by atoms with Gasteiger partial charge in [0.1, 0.15) is 0 Å². The van der Waals surface area contributed by atoms with Gasteiger partial charge in [0.2, 0.25) is 5.83 Å². The van der Waals surface area contributed by atoms with Crippen LogP contribution >= 0.6 is 0 Å². The highest BCUT2D eigenvalue weighted by Crippen LogP contribution is 2.26. The number of halogens is 4. The van der Waals surface area contributed by atoms with Crippen molar-refractivity contribution in [1.29, 1.82) is 0 Å². The molecule has 0 fully saturated rings. The van der Waals surface area contributed by atoms with E-state index in [1.54, 1.807) is 0 Å². The van der Waals surface area contributed by atoms with Crippen molar-refractivity contribution in [3.8, 4) is 0 Å². The summed E-state index contributed by atoms with van der Waals surface area (Å²) in [6.45, 7) is 0. The molecule has 10 heavy (non-hydrogen) atoms. The molecule has 0 aromatic carbocycles. The van der Waals surface area contributed by atoms with Crippen LogP contribution in [0.5, 0.6) is 0 Å². The van der Waals surface area contributed by atoms with Gasteiger partial charge in [-0.05, 0) is 0 Å². The molecule has 0 heterocycles. The van der Waals surface area contributed by atoms with Gasteiger partial charge >= 0.3 is 6.18 Å². The van der Waals surface area contributed by atoms with Gasteiger partial charge in [0.05, 0.1) is 0 Å². The Hall–Kier alpha value is -0.740. The Morgan fingerprint density at radius 3 is 1.80 bits per heavy atom. The fourth-order valence-electron chi connectivity index (χ4n) is 0.300. The molecule has 0 saturated carbocycles. The summed E-state index contributed by atoms with van der Waals surface area (Å²) >= 11 is 0. The van der Waals surface area contributed by atoms with E-state index >= 15 is 0 Å². The Balaban J connectivity index is 4.20. The van der Waals surface area contributed by atoms with E-state index < -0.39 is 12.0 Å². The summed E-state index contributed by atoms with van der Waals surface area (Å²) in [5.41, 5.74) is 0. The second-order valence-corrected chi connectivity index (χ2v) is 1.94. The number of alkyl halides is 3. The lowest BCUT2D eigenvalue weighted by molar-refractivity contribution is -0.109. The zero-order valence-electron chi connectivity index (χ0n) is 5.54. The lowest BCUT2D eigenvalue weighted by Crippen LogP contribution is -2.12. The van der Waals surface area contributed by atoms with E-state index in [0.29, 0.717) is 6.20 Å². The summed E-state index contributed by atoms with van der Waals surface area (Å²) in [5.74, 6) is -2.09. The summed E-state index contributed by atoms with van der Waals surface area (Å²) < 4.78 is 45.9. The molecule has 0 aromatic heterocycles. The van der Waals surface area contributed by atoms with E-state index in [1.807, 2.05) is 0 Å². The molecule has 0 aliphatic rings. The topological polar surface area (TPSA) is 3.24 Å². The summed E-state index contributed by atoms with van der Waals surface area (Å²) in [6.07, 6.45) is -4.48. The third-order valence-corrected chi connectivity index (χ3v) is 0.642. The van der Waals surface area contributed by atoms with Crippen LogP contribution in [0, 0.1) is 0 Å². The van der Waals surface area contributed by atoms with E-state index in [-0.39, 0.29) is 0 Å². The minimum Gasteiger partial charge on any atom is -0.381 e. The van der Waals surface area contributed by atoms with Gasteiger partial charge in [-0.1, -0.05) is 0 Å². The molecule has 0 bridgehead atoms. The number of nitrogens with zero attached hydrogens (tertiary/aromatic N) is 1. The number of allylic oxidation sites excluding steroid dienone is 1.